The standard InChI is InChI=1S/C14H25NO5S/c1-6-20-12(17)10(13(2,3)4)11(16)15-14(5)7-8-21(18,19)9-14/h10H,6-9H2,1-5H3,(H,15,16). The molecule has 2 unspecified atom stereocenters. The Hall–Kier alpha value is -1.11. The van der Waals surface area contributed by atoms with E-state index in [4.69, 9.17) is 4.74 Å². The topological polar surface area (TPSA) is 89.5 Å². The normalized spacial score (nSPS) is 26.1. The molecule has 1 saturated heterocycles. The van der Waals surface area contributed by atoms with Crippen LogP contribution in [0, 0.1) is 11.3 Å². The minimum Gasteiger partial charge on any atom is -0.465 e. The third kappa shape index (κ3) is 4.69. The molecule has 0 radical (unpaired) electrons. The van der Waals surface area contributed by atoms with Crippen molar-refractivity contribution in [3.05, 3.63) is 0 Å². The van der Waals surface area contributed by atoms with Gasteiger partial charge in [0.05, 0.1) is 23.7 Å². The van der Waals surface area contributed by atoms with Gasteiger partial charge in [0, 0.05) is 0 Å². The van der Waals surface area contributed by atoms with Crippen molar-refractivity contribution in [1.82, 2.24) is 5.32 Å². The van der Waals surface area contributed by atoms with Crippen molar-refractivity contribution in [3.63, 3.8) is 0 Å². The molecule has 0 saturated carbocycles. The van der Waals surface area contributed by atoms with Gasteiger partial charge < -0.3 is 10.1 Å². The van der Waals surface area contributed by atoms with Gasteiger partial charge in [0.15, 0.2) is 9.84 Å². The van der Waals surface area contributed by atoms with Crippen LogP contribution in [0.25, 0.3) is 0 Å². The number of sulfone groups is 1. The van der Waals surface area contributed by atoms with E-state index >= 15 is 0 Å². The molecule has 1 heterocycles. The number of esters is 1. The second-order valence-corrected chi connectivity index (χ2v) is 9.13. The lowest BCUT2D eigenvalue weighted by atomic mass is 9.79. The minimum absolute atomic E-state index is 0.0589. The Labute approximate surface area is 126 Å². The van der Waals surface area contributed by atoms with Crippen LogP contribution in [-0.2, 0) is 24.2 Å². The first kappa shape index (κ1) is 17.9. The van der Waals surface area contributed by atoms with Crippen LogP contribution in [0.3, 0.4) is 0 Å². The van der Waals surface area contributed by atoms with E-state index in [0.29, 0.717) is 6.42 Å². The second kappa shape index (κ2) is 5.94. The van der Waals surface area contributed by atoms with Gasteiger partial charge in [-0.2, -0.15) is 0 Å². The predicted octanol–water partition coefficient (Wildman–Crippen LogP) is 0.905. The predicted molar refractivity (Wildman–Crippen MR) is 79.4 cm³/mol. The van der Waals surface area contributed by atoms with Crippen LogP contribution in [0.2, 0.25) is 0 Å². The van der Waals surface area contributed by atoms with E-state index in [2.05, 4.69) is 5.32 Å². The summed E-state index contributed by atoms with van der Waals surface area (Å²) in [5.74, 6) is -2.04. The molecular formula is C14H25NO5S. The van der Waals surface area contributed by atoms with Gasteiger partial charge in [-0.1, -0.05) is 20.8 Å². The first-order valence-electron chi connectivity index (χ1n) is 7.09. The van der Waals surface area contributed by atoms with E-state index in [1.54, 1.807) is 34.6 Å². The number of carbonyl (C=O) groups excluding carboxylic acids is 2. The monoisotopic (exact) mass is 319 g/mol. The van der Waals surface area contributed by atoms with Gasteiger partial charge in [0.2, 0.25) is 5.91 Å². The largest absolute Gasteiger partial charge is 0.465 e. The van der Waals surface area contributed by atoms with Crippen LogP contribution >= 0.6 is 0 Å². The summed E-state index contributed by atoms with van der Waals surface area (Å²) in [5.41, 5.74) is -1.42. The zero-order valence-electron chi connectivity index (χ0n) is 13.4. The summed E-state index contributed by atoms with van der Waals surface area (Å²) in [6.07, 6.45) is 0.362. The zero-order valence-corrected chi connectivity index (χ0v) is 14.2. The fourth-order valence-corrected chi connectivity index (χ4v) is 4.65. The maximum absolute atomic E-state index is 12.5. The van der Waals surface area contributed by atoms with Crippen LogP contribution in [0.1, 0.15) is 41.0 Å². The molecule has 21 heavy (non-hydrogen) atoms. The molecule has 2 atom stereocenters. The molecule has 1 aliphatic heterocycles. The number of hydrogen-bond donors (Lipinski definition) is 1. The molecule has 0 aromatic carbocycles. The second-order valence-electron chi connectivity index (χ2n) is 6.94. The first-order chi connectivity index (χ1) is 9.40. The smallest absolute Gasteiger partial charge is 0.319 e. The van der Waals surface area contributed by atoms with Crippen molar-refractivity contribution in [2.45, 2.75) is 46.6 Å². The minimum atomic E-state index is -3.12. The summed E-state index contributed by atoms with van der Waals surface area (Å²) in [5, 5.41) is 2.74. The molecule has 7 heteroatoms. The summed E-state index contributed by atoms with van der Waals surface area (Å²) in [6, 6.07) is 0. The molecule has 0 bridgehead atoms. The number of nitrogens with one attached hydrogen (secondary N) is 1. The summed E-state index contributed by atoms with van der Waals surface area (Å²) in [6.45, 7) is 8.91. The van der Waals surface area contributed by atoms with Gasteiger partial charge in [0.1, 0.15) is 5.92 Å². The molecule has 0 aromatic heterocycles. The van der Waals surface area contributed by atoms with Gasteiger partial charge in [-0.25, -0.2) is 8.42 Å². The van der Waals surface area contributed by atoms with Gasteiger partial charge >= 0.3 is 5.97 Å². The number of ether oxygens (including phenoxy) is 1. The fourth-order valence-electron chi connectivity index (χ4n) is 2.56. The van der Waals surface area contributed by atoms with E-state index in [0.717, 1.165) is 0 Å². The molecule has 1 N–H and O–H groups in total. The molecule has 1 amide bonds. The van der Waals surface area contributed by atoms with E-state index in [-0.39, 0.29) is 18.1 Å². The molecule has 1 fully saturated rings. The Bertz CT molecular complexity index is 520. The molecule has 1 aliphatic rings. The van der Waals surface area contributed by atoms with Crippen LogP contribution in [0.15, 0.2) is 0 Å². The highest BCUT2D eigenvalue weighted by Crippen LogP contribution is 2.30. The number of amides is 1. The first-order valence-corrected chi connectivity index (χ1v) is 8.91. The molecule has 0 spiro atoms. The summed E-state index contributed by atoms with van der Waals surface area (Å²) in [4.78, 5) is 24.5. The van der Waals surface area contributed by atoms with E-state index in [1.165, 1.54) is 0 Å². The zero-order chi connectivity index (χ0) is 16.5. The highest BCUT2D eigenvalue weighted by molar-refractivity contribution is 7.91. The van der Waals surface area contributed by atoms with Crippen LogP contribution in [0.4, 0.5) is 0 Å². The van der Waals surface area contributed by atoms with Crippen LogP contribution < -0.4 is 5.32 Å². The third-order valence-electron chi connectivity index (χ3n) is 3.58. The van der Waals surface area contributed by atoms with E-state index < -0.39 is 38.6 Å². The lowest BCUT2D eigenvalue weighted by molar-refractivity contribution is -0.157. The quantitative estimate of drug-likeness (QED) is 0.614. The molecule has 6 nitrogen and oxygen atoms in total. The third-order valence-corrected chi connectivity index (χ3v) is 5.48. The Balaban J connectivity index is 2.90. The maximum Gasteiger partial charge on any atom is 0.319 e. The lowest BCUT2D eigenvalue weighted by Crippen LogP contribution is -2.53. The Morgan fingerprint density at radius 1 is 1.33 bits per heavy atom. The Morgan fingerprint density at radius 2 is 1.90 bits per heavy atom. The molecule has 122 valence electrons. The SMILES string of the molecule is CCOC(=O)C(C(=O)NC1(C)CCS(=O)(=O)C1)C(C)(C)C. The highest BCUT2D eigenvalue weighted by Gasteiger charge is 2.44. The summed E-state index contributed by atoms with van der Waals surface area (Å²) in [7, 11) is -3.12. The molecule has 1 rings (SSSR count). The lowest BCUT2D eigenvalue weighted by Gasteiger charge is -2.32. The highest BCUT2D eigenvalue weighted by atomic mass is 32.2. The van der Waals surface area contributed by atoms with Crippen molar-refractivity contribution < 1.29 is 22.7 Å². The molecule has 0 aromatic rings. The fraction of sp³-hybridized carbons (Fsp3) is 0.857. The average molecular weight is 319 g/mol. The van der Waals surface area contributed by atoms with Crippen molar-refractivity contribution in [2.24, 2.45) is 11.3 Å². The van der Waals surface area contributed by atoms with Gasteiger partial charge in [-0.05, 0) is 25.7 Å². The molecular weight excluding hydrogens is 294 g/mol. The van der Waals surface area contributed by atoms with Gasteiger partial charge in [-0.3, -0.25) is 9.59 Å². The van der Waals surface area contributed by atoms with Gasteiger partial charge in [-0.15, -0.1) is 0 Å². The Morgan fingerprint density at radius 3 is 2.29 bits per heavy atom. The number of rotatable bonds is 4. The molecule has 0 aliphatic carbocycles. The Kier molecular flexibility index (Phi) is 5.08. The van der Waals surface area contributed by atoms with Crippen molar-refractivity contribution in [1.29, 1.82) is 0 Å². The van der Waals surface area contributed by atoms with Crippen molar-refractivity contribution in [3.8, 4) is 0 Å². The van der Waals surface area contributed by atoms with Gasteiger partial charge in [0.25, 0.3) is 0 Å². The van der Waals surface area contributed by atoms with Crippen LogP contribution in [0.5, 0.6) is 0 Å². The van der Waals surface area contributed by atoms with E-state index in [1.807, 2.05) is 0 Å². The van der Waals surface area contributed by atoms with E-state index in [9.17, 15) is 18.0 Å². The number of carbonyl (C=O) groups is 2. The van der Waals surface area contributed by atoms with Crippen molar-refractivity contribution in [2.75, 3.05) is 18.1 Å². The van der Waals surface area contributed by atoms with Crippen LogP contribution in [-0.4, -0.2) is 43.9 Å². The summed E-state index contributed by atoms with van der Waals surface area (Å²) < 4.78 is 28.1. The average Bonchev–Trinajstić information content (AvgIpc) is 2.50. The summed E-state index contributed by atoms with van der Waals surface area (Å²) >= 11 is 0. The number of hydrogen-bond acceptors (Lipinski definition) is 5. The maximum atomic E-state index is 12.5. The van der Waals surface area contributed by atoms with Crippen molar-refractivity contribution >= 4 is 21.7 Å².